The molecule has 0 aliphatic carbocycles. The van der Waals surface area contributed by atoms with Crippen LogP contribution in [0.3, 0.4) is 0 Å². The Morgan fingerprint density at radius 1 is 0.532 bits per heavy atom. The highest BCUT2D eigenvalue weighted by molar-refractivity contribution is 6.45. The minimum atomic E-state index is -5.08. The predicted molar refractivity (Wildman–Crippen MR) is 206 cm³/mol. The first kappa shape index (κ1) is 51.3. The van der Waals surface area contributed by atoms with Crippen LogP contribution < -0.4 is 21.3 Å². The van der Waals surface area contributed by atoms with Gasteiger partial charge in [0.1, 0.15) is 0 Å². The van der Waals surface area contributed by atoms with Crippen molar-refractivity contribution in [2.75, 3.05) is 53.5 Å². The van der Waals surface area contributed by atoms with Gasteiger partial charge in [-0.25, -0.2) is 19.2 Å². The maximum absolute atomic E-state index is 12.7. The van der Waals surface area contributed by atoms with Gasteiger partial charge in [-0.2, -0.15) is 26.3 Å². The minimum Gasteiger partial charge on any atom is -0.475 e. The number of fused-ring (bicyclic) bond motifs is 2. The molecule has 4 rings (SSSR count). The Bertz CT molecular complexity index is 2060. The Labute approximate surface area is 347 Å². The van der Waals surface area contributed by atoms with Gasteiger partial charge in [-0.05, 0) is 64.0 Å². The van der Waals surface area contributed by atoms with Crippen molar-refractivity contribution in [1.29, 1.82) is 0 Å². The number of hydrogen-bond acceptors (Lipinski definition) is 12. The lowest BCUT2D eigenvalue weighted by molar-refractivity contribution is -0.193. The quantitative estimate of drug-likeness (QED) is 0.0220. The van der Waals surface area contributed by atoms with Gasteiger partial charge in [0.2, 0.25) is 0 Å². The Morgan fingerprint density at radius 3 is 1.16 bits per heavy atom. The number of halogens is 6. The number of benzene rings is 2. The van der Waals surface area contributed by atoms with Crippen molar-refractivity contribution < 1.29 is 84.4 Å². The number of aromatic nitrogens is 2. The number of hydrogen-bond donors (Lipinski definition) is 8. The number of aromatic amines is 2. The molecule has 0 aliphatic heterocycles. The molecule has 8 N–H and O–H groups in total. The number of carboxylic acids is 2. The van der Waals surface area contributed by atoms with Crippen LogP contribution in [0.5, 0.6) is 0 Å². The molecule has 0 bridgehead atoms. The van der Waals surface area contributed by atoms with Gasteiger partial charge in [0.15, 0.2) is 0 Å². The molecule has 0 unspecified atom stereocenters. The average Bonchev–Trinajstić information content (AvgIpc) is 3.87. The van der Waals surface area contributed by atoms with Gasteiger partial charge in [-0.15, -0.1) is 0 Å². The van der Waals surface area contributed by atoms with E-state index in [1.165, 1.54) is 26.6 Å². The molecule has 24 heteroatoms. The molecule has 0 radical (unpaired) electrons. The van der Waals surface area contributed by atoms with E-state index >= 15 is 0 Å². The molecule has 0 fully saturated rings. The third-order valence-electron chi connectivity index (χ3n) is 8.22. The molecule has 4 aromatic rings. The van der Waals surface area contributed by atoms with E-state index in [1.807, 2.05) is 0 Å². The second kappa shape index (κ2) is 24.4. The molecular formula is C38H42F6N6O12. The molecule has 18 nitrogen and oxygen atoms in total. The normalized spacial score (nSPS) is 11.0. The fourth-order valence-corrected chi connectivity index (χ4v) is 5.23. The summed E-state index contributed by atoms with van der Waals surface area (Å²) in [7, 11) is 2.55. The fourth-order valence-electron chi connectivity index (χ4n) is 5.23. The van der Waals surface area contributed by atoms with E-state index in [1.54, 1.807) is 36.4 Å². The van der Waals surface area contributed by atoms with Gasteiger partial charge >= 0.3 is 36.2 Å². The molecule has 62 heavy (non-hydrogen) atoms. The first-order valence-corrected chi connectivity index (χ1v) is 18.2. The van der Waals surface area contributed by atoms with E-state index in [-0.39, 0.29) is 22.3 Å². The number of methoxy groups -OCH3 is 2. The number of esters is 2. The Hall–Kier alpha value is -6.82. The van der Waals surface area contributed by atoms with Crippen molar-refractivity contribution in [1.82, 2.24) is 31.2 Å². The summed E-state index contributed by atoms with van der Waals surface area (Å²) < 4.78 is 73.0. The lowest BCUT2D eigenvalue weighted by Crippen LogP contribution is -2.33. The molecule has 0 saturated heterocycles. The largest absolute Gasteiger partial charge is 0.490 e. The summed E-state index contributed by atoms with van der Waals surface area (Å²) in [5.41, 5.74) is 1.85. The Balaban J connectivity index is 0.000000811. The van der Waals surface area contributed by atoms with Crippen LogP contribution in [0.15, 0.2) is 48.8 Å². The number of para-hydroxylation sites is 2. The van der Waals surface area contributed by atoms with Gasteiger partial charge in [0.25, 0.3) is 23.4 Å². The first-order chi connectivity index (χ1) is 29.2. The maximum Gasteiger partial charge on any atom is 0.490 e. The highest BCUT2D eigenvalue weighted by Gasteiger charge is 2.39. The molecule has 0 spiro atoms. The number of amides is 2. The number of carbonyl (C=O) groups excluding carboxylic acids is 6. The van der Waals surface area contributed by atoms with Crippen molar-refractivity contribution in [3.8, 4) is 0 Å². The number of H-pyrrole nitrogens is 2. The summed E-state index contributed by atoms with van der Waals surface area (Å²) in [4.78, 5) is 97.7. The third-order valence-corrected chi connectivity index (χ3v) is 8.22. The summed E-state index contributed by atoms with van der Waals surface area (Å²) in [6.45, 7) is 3.66. The predicted octanol–water partition coefficient (Wildman–Crippen LogP) is 3.53. The number of carbonyl (C=O) groups is 8. The molecular weight excluding hydrogens is 846 g/mol. The monoisotopic (exact) mass is 888 g/mol. The highest BCUT2D eigenvalue weighted by Crippen LogP contribution is 2.24. The number of ketones is 2. The number of alkyl halides is 6. The van der Waals surface area contributed by atoms with Crippen LogP contribution >= 0.6 is 0 Å². The van der Waals surface area contributed by atoms with E-state index in [9.17, 15) is 55.1 Å². The summed E-state index contributed by atoms with van der Waals surface area (Å²) in [5, 5.41) is 27.1. The molecule has 2 heterocycles. The lowest BCUT2D eigenvalue weighted by Gasteiger charge is -2.08. The van der Waals surface area contributed by atoms with Crippen molar-refractivity contribution in [3.05, 3.63) is 71.0 Å². The van der Waals surface area contributed by atoms with Crippen LogP contribution in [-0.2, 0) is 28.7 Å². The second-order valence-electron chi connectivity index (χ2n) is 12.5. The van der Waals surface area contributed by atoms with E-state index < -0.39 is 59.6 Å². The second-order valence-corrected chi connectivity index (χ2v) is 12.5. The summed E-state index contributed by atoms with van der Waals surface area (Å²) >= 11 is 0. The average molecular weight is 889 g/mol. The standard InChI is InChI=1S/C34H40N6O8.2C2HF3O2/c1-47-33(45)23-11-5-9-21-25(19-39-27(21)23)29(41)31(43)37-17-7-15-35-13-3-4-14-36-16-8-18-38-32(44)30(42)26-20-40-28-22(26)10-6-12-24(28)34(46)48-2;2*3-2(4,5)1(6)7/h5-6,9-12,19-20,35-36,39-40H,3-4,7-8,13-18H2,1-2H3,(H,37,43)(H,38,44);2*(H,6,7). The van der Waals surface area contributed by atoms with Crippen molar-refractivity contribution in [2.45, 2.75) is 38.0 Å². The molecule has 2 aromatic carbocycles. The van der Waals surface area contributed by atoms with Crippen LogP contribution in [-0.4, -0.2) is 133 Å². The molecule has 0 atom stereocenters. The first-order valence-electron chi connectivity index (χ1n) is 18.2. The number of rotatable bonds is 19. The number of aliphatic carboxylic acids is 2. The number of Topliss-reactive ketones (excluding diaryl/α,β-unsaturated/α-hetero) is 2. The Kier molecular flexibility index (Phi) is 20.2. The number of ether oxygens (including phenoxy) is 2. The molecule has 0 saturated carbocycles. The molecule has 0 aliphatic rings. The van der Waals surface area contributed by atoms with E-state index in [4.69, 9.17) is 29.3 Å². The van der Waals surface area contributed by atoms with Crippen LogP contribution in [0, 0.1) is 0 Å². The van der Waals surface area contributed by atoms with Gasteiger partial charge in [0.05, 0.1) is 47.5 Å². The minimum absolute atomic E-state index is 0.194. The summed E-state index contributed by atoms with van der Waals surface area (Å²) in [6.07, 6.45) is -4.12. The zero-order valence-corrected chi connectivity index (χ0v) is 32.9. The smallest absolute Gasteiger partial charge is 0.475 e. The lowest BCUT2D eigenvalue weighted by atomic mass is 10.1. The van der Waals surface area contributed by atoms with Gasteiger partial charge in [-0.3, -0.25) is 19.2 Å². The number of unbranched alkanes of at least 4 members (excludes halogenated alkanes) is 1. The highest BCUT2D eigenvalue weighted by atomic mass is 19.4. The Morgan fingerprint density at radius 2 is 0.855 bits per heavy atom. The SMILES string of the molecule is COC(=O)c1cccc2c(C(=O)C(=O)NCCCNCCCCNCCCNC(=O)C(=O)c3c[nH]c4c(C(=O)OC)cccc34)c[nH]c12.O=C(O)C(F)(F)F.O=C(O)C(F)(F)F. The van der Waals surface area contributed by atoms with Gasteiger partial charge in [-0.1, -0.05) is 24.3 Å². The van der Waals surface area contributed by atoms with Crippen LogP contribution in [0.25, 0.3) is 21.8 Å². The maximum atomic E-state index is 12.7. The van der Waals surface area contributed by atoms with Gasteiger partial charge < -0.3 is 50.9 Å². The topological polar surface area (TPSA) is 275 Å². The van der Waals surface area contributed by atoms with Crippen LogP contribution in [0.4, 0.5) is 26.3 Å². The van der Waals surface area contributed by atoms with Crippen molar-refractivity contribution in [3.63, 3.8) is 0 Å². The number of nitrogens with one attached hydrogen (secondary N) is 6. The van der Waals surface area contributed by atoms with E-state index in [0.717, 1.165) is 25.9 Å². The van der Waals surface area contributed by atoms with Crippen LogP contribution in [0.2, 0.25) is 0 Å². The number of carboxylic acid groups (broad SMARTS) is 2. The zero-order chi connectivity index (χ0) is 46.6. The van der Waals surface area contributed by atoms with E-state index in [0.29, 0.717) is 60.8 Å². The zero-order valence-electron chi connectivity index (χ0n) is 32.9. The van der Waals surface area contributed by atoms with Crippen molar-refractivity contribution >= 4 is 69.1 Å². The third kappa shape index (κ3) is 15.7. The molecule has 338 valence electrons. The summed E-state index contributed by atoms with van der Waals surface area (Å²) in [6, 6.07) is 9.76. The van der Waals surface area contributed by atoms with Crippen molar-refractivity contribution in [2.24, 2.45) is 0 Å². The van der Waals surface area contributed by atoms with Crippen LogP contribution in [0.1, 0.15) is 67.1 Å². The summed E-state index contributed by atoms with van der Waals surface area (Å²) in [5.74, 6) is -9.36. The van der Waals surface area contributed by atoms with E-state index in [2.05, 4.69) is 31.2 Å². The van der Waals surface area contributed by atoms with Gasteiger partial charge in [0, 0.05) is 36.3 Å². The molecule has 2 amide bonds. The molecule has 2 aromatic heterocycles. The fraction of sp³-hybridized carbons (Fsp3) is 0.368.